The summed E-state index contributed by atoms with van der Waals surface area (Å²) in [6.45, 7) is 1.84. The van der Waals surface area contributed by atoms with Crippen molar-refractivity contribution < 1.29 is 9.53 Å². The minimum absolute atomic E-state index is 0.353. The van der Waals surface area contributed by atoms with E-state index < -0.39 is 5.97 Å². The van der Waals surface area contributed by atoms with Crippen LogP contribution >= 0.6 is 0 Å². The molecule has 0 bridgehead atoms. The third-order valence-electron chi connectivity index (χ3n) is 2.42. The summed E-state index contributed by atoms with van der Waals surface area (Å²) in [6, 6.07) is 9.72. The molecule has 0 radical (unpaired) electrons. The zero-order valence-electron chi connectivity index (χ0n) is 9.18. The number of ether oxygens (including phenoxy) is 1. The van der Waals surface area contributed by atoms with E-state index in [2.05, 4.69) is 9.72 Å². The fourth-order valence-corrected chi connectivity index (χ4v) is 1.56. The molecule has 2 rings (SSSR count). The van der Waals surface area contributed by atoms with Gasteiger partial charge in [-0.1, -0.05) is 18.2 Å². The molecule has 0 aliphatic rings. The lowest BCUT2D eigenvalue weighted by molar-refractivity contribution is 0.0593. The fourth-order valence-electron chi connectivity index (χ4n) is 1.56. The Morgan fingerprint density at radius 3 is 2.62 bits per heavy atom. The maximum absolute atomic E-state index is 11.4. The van der Waals surface area contributed by atoms with Crippen molar-refractivity contribution in [1.82, 2.24) is 9.55 Å². The summed E-state index contributed by atoms with van der Waals surface area (Å²) in [5.74, 6) is -0.410. The average molecular weight is 216 g/mol. The van der Waals surface area contributed by atoms with Crippen LogP contribution in [0.3, 0.4) is 0 Å². The molecular formula is C12H12N2O2. The van der Waals surface area contributed by atoms with Crippen molar-refractivity contribution in [3.8, 4) is 5.69 Å². The van der Waals surface area contributed by atoms with Crippen LogP contribution in [-0.2, 0) is 4.74 Å². The van der Waals surface area contributed by atoms with Crippen LogP contribution in [0.5, 0.6) is 0 Å². The molecule has 0 spiro atoms. The highest BCUT2D eigenvalue weighted by Gasteiger charge is 2.15. The first kappa shape index (κ1) is 10.4. The lowest BCUT2D eigenvalue weighted by Gasteiger charge is -2.04. The number of rotatable bonds is 2. The van der Waals surface area contributed by atoms with Crippen molar-refractivity contribution >= 4 is 5.97 Å². The zero-order valence-corrected chi connectivity index (χ0v) is 9.18. The maximum Gasteiger partial charge on any atom is 0.358 e. The van der Waals surface area contributed by atoms with Crippen LogP contribution < -0.4 is 0 Å². The molecule has 1 heterocycles. The largest absolute Gasteiger partial charge is 0.464 e. The quantitative estimate of drug-likeness (QED) is 0.721. The molecule has 2 aromatic rings. The number of carbonyl (C=O) groups excluding carboxylic acids is 1. The van der Waals surface area contributed by atoms with Gasteiger partial charge >= 0.3 is 5.97 Å². The second-order valence-corrected chi connectivity index (χ2v) is 3.38. The van der Waals surface area contributed by atoms with Crippen molar-refractivity contribution in [3.63, 3.8) is 0 Å². The average Bonchev–Trinajstić information content (AvgIpc) is 2.71. The van der Waals surface area contributed by atoms with Crippen LogP contribution in [0, 0.1) is 6.92 Å². The number of benzene rings is 1. The third kappa shape index (κ3) is 1.69. The number of nitrogens with zero attached hydrogens (tertiary/aromatic N) is 2. The summed E-state index contributed by atoms with van der Waals surface area (Å²) in [4.78, 5) is 15.4. The van der Waals surface area contributed by atoms with Gasteiger partial charge in [-0.05, 0) is 19.1 Å². The van der Waals surface area contributed by atoms with Crippen molar-refractivity contribution in [2.75, 3.05) is 7.11 Å². The van der Waals surface area contributed by atoms with Gasteiger partial charge in [0.1, 0.15) is 6.33 Å². The molecule has 0 unspecified atom stereocenters. The lowest BCUT2D eigenvalue weighted by Crippen LogP contribution is -2.05. The van der Waals surface area contributed by atoms with Gasteiger partial charge in [-0.3, -0.25) is 0 Å². The molecule has 1 aromatic heterocycles. The monoisotopic (exact) mass is 216 g/mol. The normalized spacial score (nSPS) is 10.1. The first-order chi connectivity index (χ1) is 7.74. The standard InChI is InChI=1S/C12H12N2O2/c1-9-11(12(15)16-2)13-8-14(9)10-6-4-3-5-7-10/h3-8H,1-2H3. The van der Waals surface area contributed by atoms with E-state index in [1.807, 2.05) is 41.8 Å². The zero-order chi connectivity index (χ0) is 11.5. The van der Waals surface area contributed by atoms with Gasteiger partial charge in [0, 0.05) is 5.69 Å². The van der Waals surface area contributed by atoms with E-state index in [9.17, 15) is 4.79 Å². The third-order valence-corrected chi connectivity index (χ3v) is 2.42. The highest BCUT2D eigenvalue weighted by Crippen LogP contribution is 2.14. The van der Waals surface area contributed by atoms with Gasteiger partial charge in [0.05, 0.1) is 12.8 Å². The second-order valence-electron chi connectivity index (χ2n) is 3.38. The Labute approximate surface area is 93.5 Å². The van der Waals surface area contributed by atoms with Gasteiger partial charge in [-0.2, -0.15) is 0 Å². The maximum atomic E-state index is 11.4. The number of methoxy groups -OCH3 is 1. The Morgan fingerprint density at radius 1 is 1.31 bits per heavy atom. The molecule has 16 heavy (non-hydrogen) atoms. The van der Waals surface area contributed by atoms with Gasteiger partial charge in [-0.25, -0.2) is 9.78 Å². The van der Waals surface area contributed by atoms with Crippen molar-refractivity contribution in [2.45, 2.75) is 6.92 Å². The predicted octanol–water partition coefficient (Wildman–Crippen LogP) is 1.97. The molecule has 0 N–H and O–H groups in total. The van der Waals surface area contributed by atoms with Crippen molar-refractivity contribution in [2.24, 2.45) is 0 Å². The van der Waals surface area contributed by atoms with Crippen LogP contribution in [0.1, 0.15) is 16.2 Å². The molecule has 4 heteroatoms. The molecule has 0 aliphatic heterocycles. The van der Waals surface area contributed by atoms with Crippen LogP contribution in [0.15, 0.2) is 36.7 Å². The molecular weight excluding hydrogens is 204 g/mol. The summed E-state index contributed by atoms with van der Waals surface area (Å²) in [5.41, 5.74) is 2.10. The summed E-state index contributed by atoms with van der Waals surface area (Å²) in [5, 5.41) is 0. The summed E-state index contributed by atoms with van der Waals surface area (Å²) in [7, 11) is 1.35. The first-order valence-electron chi connectivity index (χ1n) is 4.91. The molecule has 0 amide bonds. The minimum atomic E-state index is -0.410. The van der Waals surface area contributed by atoms with Crippen molar-refractivity contribution in [1.29, 1.82) is 0 Å². The van der Waals surface area contributed by atoms with Crippen molar-refractivity contribution in [3.05, 3.63) is 48.0 Å². The number of para-hydroxylation sites is 1. The highest BCUT2D eigenvalue weighted by molar-refractivity contribution is 5.88. The number of aromatic nitrogens is 2. The molecule has 1 aromatic carbocycles. The highest BCUT2D eigenvalue weighted by atomic mass is 16.5. The Morgan fingerprint density at radius 2 is 2.00 bits per heavy atom. The minimum Gasteiger partial charge on any atom is -0.464 e. The lowest BCUT2D eigenvalue weighted by atomic mass is 10.3. The molecule has 0 saturated heterocycles. The van der Waals surface area contributed by atoms with E-state index in [1.54, 1.807) is 6.33 Å². The van der Waals surface area contributed by atoms with E-state index in [1.165, 1.54) is 7.11 Å². The number of hydrogen-bond acceptors (Lipinski definition) is 3. The van der Waals surface area contributed by atoms with Gasteiger partial charge < -0.3 is 9.30 Å². The summed E-state index contributed by atoms with van der Waals surface area (Å²) in [6.07, 6.45) is 1.62. The number of esters is 1. The van der Waals surface area contributed by atoms with Gasteiger partial charge in [0.25, 0.3) is 0 Å². The topological polar surface area (TPSA) is 44.1 Å². The Bertz CT molecular complexity index is 503. The van der Waals surface area contributed by atoms with Crippen LogP contribution in [0.2, 0.25) is 0 Å². The van der Waals surface area contributed by atoms with E-state index in [-0.39, 0.29) is 0 Å². The van der Waals surface area contributed by atoms with E-state index in [0.29, 0.717) is 5.69 Å². The SMILES string of the molecule is COC(=O)c1ncn(-c2ccccc2)c1C. The predicted molar refractivity (Wildman–Crippen MR) is 59.6 cm³/mol. The second kappa shape index (κ2) is 4.18. The number of imidazole rings is 1. The fraction of sp³-hybridized carbons (Fsp3) is 0.167. The summed E-state index contributed by atoms with van der Waals surface area (Å²) < 4.78 is 6.50. The number of hydrogen-bond donors (Lipinski definition) is 0. The number of carbonyl (C=O) groups is 1. The first-order valence-corrected chi connectivity index (χ1v) is 4.91. The molecule has 4 nitrogen and oxygen atoms in total. The smallest absolute Gasteiger partial charge is 0.358 e. The van der Waals surface area contributed by atoms with E-state index in [0.717, 1.165) is 11.4 Å². The van der Waals surface area contributed by atoms with Gasteiger partial charge in [0.15, 0.2) is 5.69 Å². The molecule has 0 aliphatic carbocycles. The molecule has 82 valence electrons. The van der Waals surface area contributed by atoms with Crippen LogP contribution in [0.4, 0.5) is 0 Å². The van der Waals surface area contributed by atoms with E-state index >= 15 is 0 Å². The Kier molecular flexibility index (Phi) is 2.72. The van der Waals surface area contributed by atoms with Gasteiger partial charge in [-0.15, -0.1) is 0 Å². The summed E-state index contributed by atoms with van der Waals surface area (Å²) >= 11 is 0. The van der Waals surface area contributed by atoms with Crippen LogP contribution in [0.25, 0.3) is 5.69 Å². The van der Waals surface area contributed by atoms with E-state index in [4.69, 9.17) is 0 Å². The van der Waals surface area contributed by atoms with Crippen LogP contribution in [-0.4, -0.2) is 22.6 Å². The van der Waals surface area contributed by atoms with Gasteiger partial charge in [0.2, 0.25) is 0 Å². The Hall–Kier alpha value is -2.10. The molecule has 0 saturated carbocycles. The Balaban J connectivity index is 2.45. The molecule has 0 fully saturated rings. The molecule has 0 atom stereocenters.